The molecule has 0 aliphatic carbocycles. The van der Waals surface area contributed by atoms with Crippen LogP contribution < -0.4 is 5.73 Å². The van der Waals surface area contributed by atoms with Crippen LogP contribution in [0.25, 0.3) is 33.8 Å². The zero-order valence-corrected chi connectivity index (χ0v) is 16.3. The standard InChI is InChI=1S/C19H14ClF3N6O2/c20-11-4-1-9(2-5-11)14-16(30)15(29(27-14)8-19(21,22)23)18-25-12-6-3-10(17(24)28-31)7-13(12)26-18/h1-7,30-31H,8H2,(H2,24,28)(H,25,26). The summed E-state index contributed by atoms with van der Waals surface area (Å²) in [5.41, 5.74) is 6.86. The van der Waals surface area contributed by atoms with E-state index < -0.39 is 18.5 Å². The van der Waals surface area contributed by atoms with E-state index in [0.29, 0.717) is 31.9 Å². The maximum absolute atomic E-state index is 13.2. The highest BCUT2D eigenvalue weighted by Crippen LogP contribution is 2.39. The Morgan fingerprint density at radius 3 is 2.55 bits per heavy atom. The third kappa shape index (κ3) is 3.99. The largest absolute Gasteiger partial charge is 0.504 e. The highest BCUT2D eigenvalue weighted by atomic mass is 35.5. The van der Waals surface area contributed by atoms with Crippen LogP contribution >= 0.6 is 11.6 Å². The first-order chi connectivity index (χ1) is 14.7. The van der Waals surface area contributed by atoms with Crippen molar-refractivity contribution >= 4 is 28.5 Å². The van der Waals surface area contributed by atoms with Gasteiger partial charge in [-0.05, 0) is 30.3 Å². The van der Waals surface area contributed by atoms with Crippen LogP contribution in [0.5, 0.6) is 5.75 Å². The van der Waals surface area contributed by atoms with Crippen molar-refractivity contribution in [2.45, 2.75) is 12.7 Å². The lowest BCUT2D eigenvalue weighted by Crippen LogP contribution is -2.19. The fourth-order valence-corrected chi connectivity index (χ4v) is 3.24. The smallest absolute Gasteiger partial charge is 0.408 e. The second-order valence-corrected chi connectivity index (χ2v) is 7.06. The number of rotatable bonds is 4. The molecule has 4 rings (SSSR count). The number of fused-ring (bicyclic) bond motifs is 1. The number of aromatic hydroxyl groups is 1. The summed E-state index contributed by atoms with van der Waals surface area (Å²) in [6.07, 6.45) is -4.59. The van der Waals surface area contributed by atoms with Crippen molar-refractivity contribution in [3.8, 4) is 28.5 Å². The third-order valence-corrected chi connectivity index (χ3v) is 4.74. The van der Waals surface area contributed by atoms with Gasteiger partial charge in [-0.3, -0.25) is 0 Å². The topological polar surface area (TPSA) is 125 Å². The lowest BCUT2D eigenvalue weighted by Gasteiger charge is -2.08. The van der Waals surface area contributed by atoms with Gasteiger partial charge in [-0.15, -0.1) is 0 Å². The van der Waals surface area contributed by atoms with Gasteiger partial charge in [-0.2, -0.15) is 18.3 Å². The normalized spacial score (nSPS) is 12.6. The van der Waals surface area contributed by atoms with Crippen LogP contribution in [0.1, 0.15) is 5.56 Å². The molecule has 0 fully saturated rings. The van der Waals surface area contributed by atoms with E-state index in [1.165, 1.54) is 36.4 Å². The Labute approximate surface area is 177 Å². The first kappa shape index (κ1) is 20.5. The molecule has 0 atom stereocenters. The molecule has 0 radical (unpaired) electrons. The second-order valence-electron chi connectivity index (χ2n) is 6.63. The van der Waals surface area contributed by atoms with E-state index in [4.69, 9.17) is 22.5 Å². The molecule has 2 heterocycles. The van der Waals surface area contributed by atoms with Crippen LogP contribution in [-0.2, 0) is 6.54 Å². The highest BCUT2D eigenvalue weighted by molar-refractivity contribution is 6.30. The van der Waals surface area contributed by atoms with Crippen molar-refractivity contribution in [2.75, 3.05) is 0 Å². The van der Waals surface area contributed by atoms with Gasteiger partial charge < -0.3 is 21.0 Å². The molecule has 2 aromatic heterocycles. The van der Waals surface area contributed by atoms with Crippen molar-refractivity contribution in [2.24, 2.45) is 10.9 Å². The number of aromatic nitrogens is 4. The molecule has 0 spiro atoms. The number of amidine groups is 1. The predicted octanol–water partition coefficient (Wildman–Crippen LogP) is 4.11. The van der Waals surface area contributed by atoms with Crippen molar-refractivity contribution < 1.29 is 23.5 Å². The molecule has 0 amide bonds. The fraction of sp³-hybridized carbons (Fsp3) is 0.105. The molecular weight excluding hydrogens is 437 g/mol. The Morgan fingerprint density at radius 2 is 1.90 bits per heavy atom. The lowest BCUT2D eigenvalue weighted by molar-refractivity contribution is -0.142. The van der Waals surface area contributed by atoms with E-state index in [2.05, 4.69) is 20.2 Å². The molecule has 2 aromatic carbocycles. The van der Waals surface area contributed by atoms with Gasteiger partial charge in [-0.25, -0.2) is 9.67 Å². The van der Waals surface area contributed by atoms with Gasteiger partial charge in [0.15, 0.2) is 17.4 Å². The van der Waals surface area contributed by atoms with Gasteiger partial charge in [0.2, 0.25) is 0 Å². The maximum atomic E-state index is 13.2. The Balaban J connectivity index is 1.89. The highest BCUT2D eigenvalue weighted by Gasteiger charge is 2.33. The summed E-state index contributed by atoms with van der Waals surface area (Å²) in [5, 5.41) is 26.9. The lowest BCUT2D eigenvalue weighted by atomic mass is 10.1. The number of nitrogens with one attached hydrogen (secondary N) is 1. The Kier molecular flexibility index (Phi) is 4.97. The van der Waals surface area contributed by atoms with Crippen molar-refractivity contribution in [1.29, 1.82) is 0 Å². The van der Waals surface area contributed by atoms with E-state index in [9.17, 15) is 18.3 Å². The van der Waals surface area contributed by atoms with Crippen molar-refractivity contribution in [3.05, 3.63) is 53.1 Å². The minimum absolute atomic E-state index is 0.0267. The number of imidazole rings is 1. The number of hydrogen-bond donors (Lipinski definition) is 4. The minimum atomic E-state index is -4.59. The number of benzene rings is 2. The number of oxime groups is 1. The van der Waals surface area contributed by atoms with Crippen molar-refractivity contribution in [1.82, 2.24) is 19.7 Å². The molecule has 31 heavy (non-hydrogen) atoms. The molecular formula is C19H14ClF3N6O2. The maximum Gasteiger partial charge on any atom is 0.408 e. The van der Waals surface area contributed by atoms with Crippen LogP contribution in [-0.4, -0.2) is 42.1 Å². The van der Waals surface area contributed by atoms with Crippen LogP contribution in [0, 0.1) is 0 Å². The number of aromatic amines is 1. The summed E-state index contributed by atoms with van der Waals surface area (Å²) in [5.74, 6) is -0.642. The number of hydrogen-bond acceptors (Lipinski definition) is 5. The van der Waals surface area contributed by atoms with E-state index >= 15 is 0 Å². The molecule has 0 saturated heterocycles. The first-order valence-corrected chi connectivity index (χ1v) is 9.14. The van der Waals surface area contributed by atoms with Gasteiger partial charge in [0.1, 0.15) is 17.9 Å². The second kappa shape index (κ2) is 7.51. The van der Waals surface area contributed by atoms with E-state index in [1.807, 2.05) is 0 Å². The van der Waals surface area contributed by atoms with Gasteiger partial charge in [-0.1, -0.05) is 28.9 Å². The van der Waals surface area contributed by atoms with Gasteiger partial charge >= 0.3 is 6.18 Å². The quantitative estimate of drug-likeness (QED) is 0.161. The predicted molar refractivity (Wildman–Crippen MR) is 108 cm³/mol. The first-order valence-electron chi connectivity index (χ1n) is 8.77. The minimum Gasteiger partial charge on any atom is -0.504 e. The van der Waals surface area contributed by atoms with E-state index in [1.54, 1.807) is 6.07 Å². The number of nitrogens with zero attached hydrogens (tertiary/aromatic N) is 4. The van der Waals surface area contributed by atoms with Crippen LogP contribution in [0.2, 0.25) is 5.02 Å². The average Bonchev–Trinajstić information content (AvgIpc) is 3.26. The Morgan fingerprint density at radius 1 is 1.19 bits per heavy atom. The van der Waals surface area contributed by atoms with E-state index in [-0.39, 0.29) is 23.0 Å². The summed E-state index contributed by atoms with van der Waals surface area (Å²) in [7, 11) is 0. The molecule has 0 bridgehead atoms. The molecule has 160 valence electrons. The number of halogens is 4. The van der Waals surface area contributed by atoms with Gasteiger partial charge in [0.25, 0.3) is 0 Å². The van der Waals surface area contributed by atoms with E-state index in [0.717, 1.165) is 0 Å². The fourth-order valence-electron chi connectivity index (χ4n) is 3.11. The summed E-state index contributed by atoms with van der Waals surface area (Å²) < 4.78 is 40.2. The number of nitrogens with two attached hydrogens (primary N) is 1. The Bertz CT molecular complexity index is 1290. The monoisotopic (exact) mass is 450 g/mol. The van der Waals surface area contributed by atoms with Crippen LogP contribution in [0.15, 0.2) is 47.6 Å². The zero-order chi connectivity index (χ0) is 22.3. The summed E-state index contributed by atoms with van der Waals surface area (Å²) in [6.45, 7) is -1.43. The third-order valence-electron chi connectivity index (χ3n) is 4.48. The Hall–Kier alpha value is -3.73. The average molecular weight is 451 g/mol. The molecule has 0 aliphatic rings. The number of H-pyrrole nitrogens is 1. The molecule has 4 aromatic rings. The number of alkyl halides is 3. The summed E-state index contributed by atoms with van der Waals surface area (Å²) in [4.78, 5) is 7.13. The summed E-state index contributed by atoms with van der Waals surface area (Å²) >= 11 is 5.86. The molecule has 12 heteroatoms. The SMILES string of the molecule is N/C(=N/O)c1ccc2nc(-c3c(O)c(-c4ccc(Cl)cc4)nn3CC(F)(F)F)[nH]c2c1. The molecule has 0 aliphatic heterocycles. The van der Waals surface area contributed by atoms with Crippen LogP contribution in [0.4, 0.5) is 13.2 Å². The van der Waals surface area contributed by atoms with Gasteiger partial charge in [0, 0.05) is 16.1 Å². The molecule has 0 saturated carbocycles. The summed E-state index contributed by atoms with van der Waals surface area (Å²) in [6, 6.07) is 10.7. The van der Waals surface area contributed by atoms with Gasteiger partial charge in [0.05, 0.1) is 11.0 Å². The van der Waals surface area contributed by atoms with Crippen molar-refractivity contribution in [3.63, 3.8) is 0 Å². The molecule has 0 unspecified atom stereocenters. The van der Waals surface area contributed by atoms with Crippen LogP contribution in [0.3, 0.4) is 0 Å². The molecule has 5 N–H and O–H groups in total. The molecule has 8 nitrogen and oxygen atoms in total. The zero-order valence-electron chi connectivity index (χ0n) is 15.5.